The van der Waals surface area contributed by atoms with Crippen molar-refractivity contribution in [1.29, 1.82) is 0 Å². The Morgan fingerprint density at radius 3 is 2.67 bits per heavy atom. The normalized spacial score (nSPS) is 10.3. The van der Waals surface area contributed by atoms with Crippen molar-refractivity contribution in [2.24, 2.45) is 5.92 Å². The van der Waals surface area contributed by atoms with Gasteiger partial charge in [0.2, 0.25) is 0 Å². The Balaban J connectivity index is 2.61. The third kappa shape index (κ3) is 6.16. The Labute approximate surface area is 124 Å². The van der Waals surface area contributed by atoms with E-state index in [0.717, 1.165) is 5.56 Å². The molecule has 0 aliphatic rings. The van der Waals surface area contributed by atoms with Crippen molar-refractivity contribution in [2.75, 3.05) is 20.2 Å². The van der Waals surface area contributed by atoms with Crippen molar-refractivity contribution in [3.8, 4) is 5.75 Å². The average molecular weight is 294 g/mol. The molecule has 0 fully saturated rings. The van der Waals surface area contributed by atoms with Crippen molar-refractivity contribution < 1.29 is 19.4 Å². The highest BCUT2D eigenvalue weighted by Crippen LogP contribution is 2.12. The maximum atomic E-state index is 12.1. The number of ether oxygens (including phenoxy) is 1. The molecule has 6 heteroatoms. The van der Waals surface area contributed by atoms with Gasteiger partial charge in [-0.2, -0.15) is 0 Å². The quantitative estimate of drug-likeness (QED) is 0.805. The molecule has 0 aromatic heterocycles. The standard InChI is InChI=1S/C15H22N2O4/c1-11(2)9-17(10-14(18)19)15(20)16-8-12-5-4-6-13(7-12)21-3/h4-7,11H,8-10H2,1-3H3,(H,16,20)(H,18,19). The van der Waals surface area contributed by atoms with E-state index in [1.54, 1.807) is 7.11 Å². The predicted molar refractivity (Wildman–Crippen MR) is 79.3 cm³/mol. The largest absolute Gasteiger partial charge is 0.497 e. The first kappa shape index (κ1) is 16.8. The Morgan fingerprint density at radius 2 is 2.10 bits per heavy atom. The van der Waals surface area contributed by atoms with Gasteiger partial charge in [0.1, 0.15) is 12.3 Å². The van der Waals surface area contributed by atoms with Crippen molar-refractivity contribution in [1.82, 2.24) is 10.2 Å². The number of carboxylic acids is 1. The van der Waals surface area contributed by atoms with Gasteiger partial charge in [-0.15, -0.1) is 0 Å². The Kier molecular flexibility index (Phi) is 6.52. The minimum absolute atomic E-state index is 0.201. The molecule has 0 spiro atoms. The lowest BCUT2D eigenvalue weighted by Crippen LogP contribution is -2.44. The highest BCUT2D eigenvalue weighted by atomic mass is 16.5. The van der Waals surface area contributed by atoms with E-state index in [0.29, 0.717) is 18.8 Å². The van der Waals surface area contributed by atoms with Gasteiger partial charge >= 0.3 is 12.0 Å². The number of nitrogens with zero attached hydrogens (tertiary/aromatic N) is 1. The molecule has 0 heterocycles. The van der Waals surface area contributed by atoms with E-state index >= 15 is 0 Å². The van der Waals surface area contributed by atoms with Gasteiger partial charge in [0, 0.05) is 13.1 Å². The zero-order chi connectivity index (χ0) is 15.8. The molecular formula is C15H22N2O4. The topological polar surface area (TPSA) is 78.9 Å². The van der Waals surface area contributed by atoms with Gasteiger partial charge in [0.05, 0.1) is 7.11 Å². The number of hydrogen-bond acceptors (Lipinski definition) is 3. The van der Waals surface area contributed by atoms with Gasteiger partial charge in [0.15, 0.2) is 0 Å². The number of nitrogens with one attached hydrogen (secondary N) is 1. The Morgan fingerprint density at radius 1 is 1.38 bits per heavy atom. The minimum atomic E-state index is -1.02. The number of hydrogen-bond donors (Lipinski definition) is 2. The fourth-order valence-corrected chi connectivity index (χ4v) is 1.90. The van der Waals surface area contributed by atoms with Crippen LogP contribution in [-0.2, 0) is 11.3 Å². The lowest BCUT2D eigenvalue weighted by molar-refractivity contribution is -0.137. The first-order valence-corrected chi connectivity index (χ1v) is 6.80. The molecule has 0 aliphatic carbocycles. The summed E-state index contributed by atoms with van der Waals surface area (Å²) in [6.07, 6.45) is 0. The molecule has 116 valence electrons. The maximum Gasteiger partial charge on any atom is 0.323 e. The second-order valence-electron chi connectivity index (χ2n) is 5.18. The summed E-state index contributed by atoms with van der Waals surface area (Å²) in [6.45, 7) is 4.29. The molecule has 0 radical (unpaired) electrons. The molecule has 1 aromatic rings. The van der Waals surface area contributed by atoms with Crippen LogP contribution in [0.25, 0.3) is 0 Å². The average Bonchev–Trinajstić information content (AvgIpc) is 2.43. The number of benzene rings is 1. The Hall–Kier alpha value is -2.24. The van der Waals surface area contributed by atoms with Crippen LogP contribution < -0.4 is 10.1 Å². The number of urea groups is 1. The van der Waals surface area contributed by atoms with Crippen molar-refractivity contribution >= 4 is 12.0 Å². The number of rotatable bonds is 7. The van der Waals surface area contributed by atoms with E-state index in [1.165, 1.54) is 4.90 Å². The van der Waals surface area contributed by atoms with Crippen LogP contribution in [0, 0.1) is 5.92 Å². The lowest BCUT2D eigenvalue weighted by Gasteiger charge is -2.23. The highest BCUT2D eigenvalue weighted by Gasteiger charge is 2.17. The van der Waals surface area contributed by atoms with E-state index in [9.17, 15) is 9.59 Å². The molecule has 1 aromatic carbocycles. The van der Waals surface area contributed by atoms with Crippen LogP contribution in [0.5, 0.6) is 5.75 Å². The molecule has 6 nitrogen and oxygen atoms in total. The van der Waals surface area contributed by atoms with Crippen LogP contribution in [0.2, 0.25) is 0 Å². The zero-order valence-corrected chi connectivity index (χ0v) is 12.6. The molecule has 0 aliphatic heterocycles. The smallest absolute Gasteiger partial charge is 0.323 e. The van der Waals surface area contributed by atoms with Crippen LogP contribution in [0.4, 0.5) is 4.79 Å². The minimum Gasteiger partial charge on any atom is -0.497 e. The number of methoxy groups -OCH3 is 1. The van der Waals surface area contributed by atoms with Crippen LogP contribution in [-0.4, -0.2) is 42.2 Å². The summed E-state index contributed by atoms with van der Waals surface area (Å²) in [5.41, 5.74) is 0.891. The summed E-state index contributed by atoms with van der Waals surface area (Å²) in [5, 5.41) is 11.6. The fraction of sp³-hybridized carbons (Fsp3) is 0.467. The van der Waals surface area contributed by atoms with E-state index in [4.69, 9.17) is 9.84 Å². The summed E-state index contributed by atoms with van der Waals surface area (Å²) in [6, 6.07) is 6.97. The maximum absolute atomic E-state index is 12.1. The lowest BCUT2D eigenvalue weighted by atomic mass is 10.2. The van der Waals surface area contributed by atoms with Crippen LogP contribution >= 0.6 is 0 Å². The molecule has 0 bridgehead atoms. The fourth-order valence-electron chi connectivity index (χ4n) is 1.90. The molecule has 0 atom stereocenters. The highest BCUT2D eigenvalue weighted by molar-refractivity contribution is 5.80. The molecule has 0 saturated carbocycles. The molecule has 1 rings (SSSR count). The molecule has 21 heavy (non-hydrogen) atoms. The zero-order valence-electron chi connectivity index (χ0n) is 12.6. The SMILES string of the molecule is COc1cccc(CNC(=O)N(CC(=O)O)CC(C)C)c1. The summed E-state index contributed by atoms with van der Waals surface area (Å²) in [7, 11) is 1.58. The number of carbonyl (C=O) groups is 2. The molecule has 2 amide bonds. The van der Waals surface area contributed by atoms with Gasteiger partial charge in [-0.25, -0.2) is 4.79 Å². The third-order valence-corrected chi connectivity index (χ3v) is 2.78. The molecule has 2 N–H and O–H groups in total. The second kappa shape index (κ2) is 8.14. The van der Waals surface area contributed by atoms with E-state index < -0.39 is 5.97 Å². The predicted octanol–water partition coefficient (Wildman–Crippen LogP) is 1.95. The molecule has 0 saturated heterocycles. The summed E-state index contributed by atoms with van der Waals surface area (Å²) < 4.78 is 5.11. The van der Waals surface area contributed by atoms with Gasteiger partial charge in [-0.1, -0.05) is 26.0 Å². The Bertz CT molecular complexity index is 488. The number of carbonyl (C=O) groups excluding carboxylic acids is 1. The summed E-state index contributed by atoms with van der Waals surface area (Å²) in [5.74, 6) is -0.106. The van der Waals surface area contributed by atoms with E-state index in [2.05, 4.69) is 5.32 Å². The number of carboxylic acid groups (broad SMARTS) is 1. The number of aliphatic carboxylic acids is 1. The number of amides is 2. The van der Waals surface area contributed by atoms with Gasteiger partial charge in [-0.05, 0) is 23.6 Å². The van der Waals surface area contributed by atoms with Gasteiger partial charge < -0.3 is 20.1 Å². The van der Waals surface area contributed by atoms with E-state index in [1.807, 2.05) is 38.1 Å². The van der Waals surface area contributed by atoms with Gasteiger partial charge in [-0.3, -0.25) is 4.79 Å². The molecular weight excluding hydrogens is 272 g/mol. The van der Waals surface area contributed by atoms with Crippen LogP contribution in [0.1, 0.15) is 19.4 Å². The summed E-state index contributed by atoms with van der Waals surface area (Å²) in [4.78, 5) is 24.2. The summed E-state index contributed by atoms with van der Waals surface area (Å²) >= 11 is 0. The van der Waals surface area contributed by atoms with Crippen LogP contribution in [0.15, 0.2) is 24.3 Å². The second-order valence-corrected chi connectivity index (χ2v) is 5.18. The van der Waals surface area contributed by atoms with E-state index in [-0.39, 0.29) is 18.5 Å². The first-order chi connectivity index (χ1) is 9.92. The molecule has 0 unspecified atom stereocenters. The van der Waals surface area contributed by atoms with Crippen molar-refractivity contribution in [3.05, 3.63) is 29.8 Å². The monoisotopic (exact) mass is 294 g/mol. The van der Waals surface area contributed by atoms with Gasteiger partial charge in [0.25, 0.3) is 0 Å². The van der Waals surface area contributed by atoms with Crippen LogP contribution in [0.3, 0.4) is 0 Å². The first-order valence-electron chi connectivity index (χ1n) is 6.80. The third-order valence-electron chi connectivity index (χ3n) is 2.78. The van der Waals surface area contributed by atoms with Crippen molar-refractivity contribution in [3.63, 3.8) is 0 Å². The van der Waals surface area contributed by atoms with Crippen molar-refractivity contribution in [2.45, 2.75) is 20.4 Å².